The molecule has 0 fully saturated rings. The number of carbonyl (C=O) groups excluding carboxylic acids is 1. The van der Waals surface area contributed by atoms with E-state index in [1.54, 1.807) is 0 Å². The van der Waals surface area contributed by atoms with E-state index in [0.717, 1.165) is 5.56 Å². The first-order valence-corrected chi connectivity index (χ1v) is 6.43. The highest BCUT2D eigenvalue weighted by molar-refractivity contribution is 5.76. The van der Waals surface area contributed by atoms with E-state index >= 15 is 0 Å². The fourth-order valence-corrected chi connectivity index (χ4v) is 1.69. The molecule has 0 saturated carbocycles. The van der Waals surface area contributed by atoms with E-state index in [1.807, 2.05) is 32.9 Å². The van der Waals surface area contributed by atoms with Crippen molar-refractivity contribution in [1.29, 1.82) is 0 Å². The minimum atomic E-state index is -0.287. The average Bonchev–Trinajstić information content (AvgIpc) is 2.26. The van der Waals surface area contributed by atoms with E-state index in [1.165, 1.54) is 5.56 Å². The van der Waals surface area contributed by atoms with E-state index in [4.69, 9.17) is 5.73 Å². The number of hydrogen-bond donors (Lipinski definition) is 2. The van der Waals surface area contributed by atoms with Gasteiger partial charge in [0.1, 0.15) is 0 Å². The van der Waals surface area contributed by atoms with Crippen molar-refractivity contribution in [3.8, 4) is 0 Å². The van der Waals surface area contributed by atoms with Crippen LogP contribution in [0.25, 0.3) is 0 Å². The quantitative estimate of drug-likeness (QED) is 0.841. The van der Waals surface area contributed by atoms with Gasteiger partial charge in [0.15, 0.2) is 0 Å². The van der Waals surface area contributed by atoms with Gasteiger partial charge in [-0.15, -0.1) is 0 Å². The molecule has 0 aliphatic rings. The smallest absolute Gasteiger partial charge is 0.220 e. The predicted octanol–water partition coefficient (Wildman–Crippen LogP) is 2.69. The molecule has 0 aliphatic carbocycles. The zero-order valence-electron chi connectivity index (χ0n) is 11.8. The Kier molecular flexibility index (Phi) is 4.91. The fraction of sp³-hybridized carbons (Fsp3) is 0.533. The predicted molar refractivity (Wildman–Crippen MR) is 75.2 cm³/mol. The maximum Gasteiger partial charge on any atom is 0.220 e. The van der Waals surface area contributed by atoms with Crippen LogP contribution in [0.2, 0.25) is 0 Å². The molecule has 0 bridgehead atoms. The fourth-order valence-electron chi connectivity index (χ4n) is 1.69. The van der Waals surface area contributed by atoms with Gasteiger partial charge in [-0.05, 0) is 39.7 Å². The van der Waals surface area contributed by atoms with Crippen molar-refractivity contribution in [2.24, 2.45) is 5.73 Å². The summed E-state index contributed by atoms with van der Waals surface area (Å²) in [5.41, 5.74) is 7.93. The number of benzene rings is 1. The summed E-state index contributed by atoms with van der Waals surface area (Å²) in [6, 6.07) is 8.25. The first-order chi connectivity index (χ1) is 8.28. The van der Waals surface area contributed by atoms with Gasteiger partial charge in [-0.2, -0.15) is 0 Å². The van der Waals surface area contributed by atoms with E-state index in [-0.39, 0.29) is 17.5 Å². The molecule has 1 aromatic carbocycles. The van der Waals surface area contributed by atoms with Crippen LogP contribution in [0.5, 0.6) is 0 Å². The van der Waals surface area contributed by atoms with E-state index in [2.05, 4.69) is 24.4 Å². The maximum absolute atomic E-state index is 11.8. The second-order valence-electron chi connectivity index (χ2n) is 5.69. The van der Waals surface area contributed by atoms with Gasteiger partial charge in [0.25, 0.3) is 0 Å². The summed E-state index contributed by atoms with van der Waals surface area (Å²) in [5, 5.41) is 2.99. The minimum absolute atomic E-state index is 0.0407. The molecule has 3 N–H and O–H groups in total. The molecule has 1 unspecified atom stereocenters. The Hall–Kier alpha value is -1.35. The Labute approximate surface area is 110 Å². The Morgan fingerprint density at radius 3 is 2.39 bits per heavy atom. The van der Waals surface area contributed by atoms with Gasteiger partial charge in [0.05, 0.1) is 6.04 Å². The second kappa shape index (κ2) is 6.01. The van der Waals surface area contributed by atoms with E-state index in [0.29, 0.717) is 12.8 Å². The van der Waals surface area contributed by atoms with Crippen molar-refractivity contribution < 1.29 is 4.79 Å². The summed E-state index contributed by atoms with van der Waals surface area (Å²) in [5.74, 6) is 0.0570. The Morgan fingerprint density at radius 2 is 1.89 bits per heavy atom. The summed E-state index contributed by atoms with van der Waals surface area (Å²) in [6.45, 7) is 7.92. The number of amides is 1. The summed E-state index contributed by atoms with van der Waals surface area (Å²) in [7, 11) is 0. The van der Waals surface area contributed by atoms with Gasteiger partial charge in [-0.3, -0.25) is 4.79 Å². The first-order valence-electron chi connectivity index (χ1n) is 6.43. The van der Waals surface area contributed by atoms with E-state index in [9.17, 15) is 4.79 Å². The third-order valence-corrected chi connectivity index (χ3v) is 2.95. The van der Waals surface area contributed by atoms with Crippen LogP contribution in [-0.4, -0.2) is 11.4 Å². The molecule has 0 aromatic heterocycles. The molecular weight excluding hydrogens is 224 g/mol. The molecular formula is C15H24N2O. The topological polar surface area (TPSA) is 55.1 Å². The van der Waals surface area contributed by atoms with Crippen molar-refractivity contribution in [1.82, 2.24) is 5.32 Å². The monoisotopic (exact) mass is 248 g/mol. The van der Waals surface area contributed by atoms with Crippen molar-refractivity contribution in [2.45, 2.75) is 52.1 Å². The zero-order valence-corrected chi connectivity index (χ0v) is 11.8. The van der Waals surface area contributed by atoms with Crippen LogP contribution < -0.4 is 11.1 Å². The van der Waals surface area contributed by atoms with Gasteiger partial charge in [-0.25, -0.2) is 0 Å². The van der Waals surface area contributed by atoms with Crippen molar-refractivity contribution in [3.05, 3.63) is 35.4 Å². The lowest BCUT2D eigenvalue weighted by atomic mass is 9.99. The van der Waals surface area contributed by atoms with Crippen LogP contribution >= 0.6 is 0 Å². The molecule has 1 aromatic rings. The molecule has 18 heavy (non-hydrogen) atoms. The average molecular weight is 248 g/mol. The van der Waals surface area contributed by atoms with Crippen molar-refractivity contribution >= 4 is 5.91 Å². The number of aryl methyl sites for hydroxylation is 1. The molecule has 0 aliphatic heterocycles. The van der Waals surface area contributed by atoms with Crippen LogP contribution in [0.4, 0.5) is 0 Å². The molecule has 0 radical (unpaired) electrons. The van der Waals surface area contributed by atoms with E-state index < -0.39 is 0 Å². The molecule has 0 spiro atoms. The molecule has 1 amide bonds. The lowest BCUT2D eigenvalue weighted by Gasteiger charge is -2.19. The third-order valence-electron chi connectivity index (χ3n) is 2.95. The normalized spacial score (nSPS) is 13.2. The zero-order chi connectivity index (χ0) is 13.8. The van der Waals surface area contributed by atoms with Crippen LogP contribution in [0.3, 0.4) is 0 Å². The van der Waals surface area contributed by atoms with Crippen LogP contribution in [-0.2, 0) is 4.79 Å². The number of nitrogens with two attached hydrogens (primary N) is 1. The molecule has 1 atom stereocenters. The summed E-state index contributed by atoms with van der Waals surface area (Å²) < 4.78 is 0. The molecule has 1 rings (SSSR count). The Balaban J connectivity index is 2.47. The van der Waals surface area contributed by atoms with Crippen LogP contribution in [0.1, 0.15) is 50.8 Å². The van der Waals surface area contributed by atoms with Gasteiger partial charge in [-0.1, -0.05) is 29.8 Å². The molecule has 3 heteroatoms. The van der Waals surface area contributed by atoms with Gasteiger partial charge >= 0.3 is 0 Å². The highest BCUT2D eigenvalue weighted by Crippen LogP contribution is 2.14. The third kappa shape index (κ3) is 5.32. The minimum Gasteiger partial charge on any atom is -0.350 e. The molecule has 0 saturated heterocycles. The maximum atomic E-state index is 11.8. The van der Waals surface area contributed by atoms with Gasteiger partial charge in [0, 0.05) is 12.0 Å². The second-order valence-corrected chi connectivity index (χ2v) is 5.69. The number of carbonyl (C=O) groups is 1. The summed E-state index contributed by atoms with van der Waals surface area (Å²) in [6.07, 6.45) is 1.17. The van der Waals surface area contributed by atoms with Crippen molar-refractivity contribution in [2.75, 3.05) is 0 Å². The Bertz CT molecular complexity index is 390. The highest BCUT2D eigenvalue weighted by atomic mass is 16.1. The summed E-state index contributed by atoms with van der Waals surface area (Å²) >= 11 is 0. The lowest BCUT2D eigenvalue weighted by Crippen LogP contribution is -2.35. The number of hydrogen-bond acceptors (Lipinski definition) is 2. The number of nitrogens with one attached hydrogen (secondary N) is 1. The van der Waals surface area contributed by atoms with Crippen molar-refractivity contribution in [3.63, 3.8) is 0 Å². The number of rotatable bonds is 5. The summed E-state index contributed by atoms with van der Waals surface area (Å²) in [4.78, 5) is 11.8. The van der Waals surface area contributed by atoms with Crippen LogP contribution in [0.15, 0.2) is 24.3 Å². The van der Waals surface area contributed by atoms with Gasteiger partial charge in [0.2, 0.25) is 5.91 Å². The standard InChI is InChI=1S/C15H24N2O/c1-11-5-7-13(8-6-11)12(2)17-14(18)9-10-15(3,4)16/h5-8,12H,9-10,16H2,1-4H3,(H,17,18). The van der Waals surface area contributed by atoms with Crippen LogP contribution in [0, 0.1) is 6.92 Å². The van der Waals surface area contributed by atoms with Gasteiger partial charge < -0.3 is 11.1 Å². The SMILES string of the molecule is Cc1ccc(C(C)NC(=O)CCC(C)(C)N)cc1. The first kappa shape index (κ1) is 14.7. The lowest BCUT2D eigenvalue weighted by molar-refractivity contribution is -0.122. The molecule has 0 heterocycles. The Morgan fingerprint density at radius 1 is 1.33 bits per heavy atom. The largest absolute Gasteiger partial charge is 0.350 e. The molecule has 100 valence electrons. The highest BCUT2D eigenvalue weighted by Gasteiger charge is 2.15. The molecule has 3 nitrogen and oxygen atoms in total.